The van der Waals surface area contributed by atoms with Crippen molar-refractivity contribution in [3.05, 3.63) is 12.1 Å². The van der Waals surface area contributed by atoms with Gasteiger partial charge in [0.1, 0.15) is 18.5 Å². The smallest absolute Gasteiger partial charge is 0.192 e. The lowest BCUT2D eigenvalue weighted by molar-refractivity contribution is -0.169. The molecule has 0 unspecified atom stereocenters. The van der Waals surface area contributed by atoms with Crippen LogP contribution in [0.25, 0.3) is 0 Å². The summed E-state index contributed by atoms with van der Waals surface area (Å²) in [5.74, 6) is -0.516. The van der Waals surface area contributed by atoms with Crippen LogP contribution in [0.4, 0.5) is 4.39 Å². The zero-order valence-corrected chi connectivity index (χ0v) is 15.0. The van der Waals surface area contributed by atoms with Crippen LogP contribution in [0.5, 0.6) is 0 Å². The fourth-order valence-corrected chi connectivity index (χ4v) is 3.33. The third kappa shape index (κ3) is 3.33. The molecule has 0 radical (unpaired) electrons. The van der Waals surface area contributed by atoms with Crippen molar-refractivity contribution in [1.29, 1.82) is 0 Å². The van der Waals surface area contributed by atoms with Crippen molar-refractivity contribution in [3.8, 4) is 0 Å². The van der Waals surface area contributed by atoms with Gasteiger partial charge in [0.15, 0.2) is 26.0 Å². The van der Waals surface area contributed by atoms with E-state index < -0.39 is 20.2 Å². The molecule has 2 heterocycles. The van der Waals surface area contributed by atoms with Crippen LogP contribution >= 0.6 is 0 Å². The van der Waals surface area contributed by atoms with E-state index in [0.29, 0.717) is 12.9 Å². The highest BCUT2D eigenvalue weighted by atomic mass is 28.4. The molecule has 2 rings (SSSR count). The minimum atomic E-state index is -1.87. The Kier molecular flexibility index (Phi) is 4.30. The first-order valence-corrected chi connectivity index (χ1v) is 10.3. The summed E-state index contributed by atoms with van der Waals surface area (Å²) in [7, 11) is -1.87. The zero-order valence-electron chi connectivity index (χ0n) is 14.0. The van der Waals surface area contributed by atoms with Gasteiger partial charge in [-0.3, -0.25) is 0 Å². The summed E-state index contributed by atoms with van der Waals surface area (Å²) in [6.07, 6.45) is -0.646. The second kappa shape index (κ2) is 5.33. The van der Waals surface area contributed by atoms with Gasteiger partial charge in [0, 0.05) is 0 Å². The minimum absolute atomic E-state index is 0.121. The second-order valence-electron chi connectivity index (χ2n) is 7.76. The monoisotopic (exact) mass is 318 g/mol. The Balaban J connectivity index is 2.05. The fraction of sp³-hybridized carbons (Fsp3) is 0.867. The van der Waals surface area contributed by atoms with Crippen LogP contribution in [0.2, 0.25) is 18.1 Å². The number of fused-ring (bicyclic) bond motifs is 1. The first-order chi connectivity index (χ1) is 9.47. The molecule has 0 bridgehead atoms. The molecule has 0 amide bonds. The second-order valence-corrected chi connectivity index (χ2v) is 12.6. The molecule has 122 valence electrons. The number of hydrogen-bond acceptors (Lipinski definition) is 4. The van der Waals surface area contributed by atoms with E-state index >= 15 is 0 Å². The molecule has 3 atom stereocenters. The zero-order chi connectivity index (χ0) is 16.1. The standard InChI is InChI=1S/C15H27FO4Si/c1-14(2,3)21(6,7)17-9-11-13-12(10(8-16)18-11)19-15(4,5)20-13/h8,11-13H,9H2,1-7H3/b10-8-/t11-,12+,13-/m1/s1. The van der Waals surface area contributed by atoms with E-state index in [4.69, 9.17) is 18.6 Å². The molecule has 0 spiro atoms. The Bertz CT molecular complexity index is 428. The van der Waals surface area contributed by atoms with Crippen LogP contribution in [0.15, 0.2) is 12.1 Å². The Hall–Kier alpha value is -0.433. The van der Waals surface area contributed by atoms with Crippen molar-refractivity contribution in [2.45, 2.75) is 76.8 Å². The molecule has 2 fully saturated rings. The highest BCUT2D eigenvalue weighted by Gasteiger charge is 2.54. The van der Waals surface area contributed by atoms with E-state index in [9.17, 15) is 4.39 Å². The summed E-state index contributed by atoms with van der Waals surface area (Å²) in [6.45, 7) is 15.0. The third-order valence-electron chi connectivity index (χ3n) is 4.59. The maximum absolute atomic E-state index is 13.0. The Labute approximate surface area is 127 Å². The van der Waals surface area contributed by atoms with Crippen LogP contribution in [0.1, 0.15) is 34.6 Å². The van der Waals surface area contributed by atoms with E-state index in [1.54, 1.807) is 0 Å². The largest absolute Gasteiger partial charge is 0.484 e. The van der Waals surface area contributed by atoms with Gasteiger partial charge >= 0.3 is 0 Å². The summed E-state index contributed by atoms with van der Waals surface area (Å²) >= 11 is 0. The molecule has 0 aromatic rings. The lowest BCUT2D eigenvalue weighted by Crippen LogP contribution is -2.44. The predicted octanol–water partition coefficient (Wildman–Crippen LogP) is 3.74. The lowest BCUT2D eigenvalue weighted by atomic mass is 10.1. The maximum atomic E-state index is 13.0. The summed E-state index contributed by atoms with van der Waals surface area (Å²) in [4.78, 5) is 0. The molecule has 2 aliphatic heterocycles. The van der Waals surface area contributed by atoms with Gasteiger partial charge in [-0.2, -0.15) is 0 Å². The van der Waals surface area contributed by atoms with Crippen molar-refractivity contribution in [2.75, 3.05) is 6.61 Å². The van der Waals surface area contributed by atoms with Crippen molar-refractivity contribution < 1.29 is 23.0 Å². The molecule has 4 nitrogen and oxygen atoms in total. The highest BCUT2D eigenvalue weighted by Crippen LogP contribution is 2.42. The molecule has 6 heteroatoms. The van der Waals surface area contributed by atoms with Gasteiger partial charge in [-0.15, -0.1) is 0 Å². The van der Waals surface area contributed by atoms with Crippen molar-refractivity contribution in [3.63, 3.8) is 0 Å². The molecule has 0 N–H and O–H groups in total. The highest BCUT2D eigenvalue weighted by molar-refractivity contribution is 6.74. The van der Waals surface area contributed by atoms with Crippen LogP contribution < -0.4 is 0 Å². The van der Waals surface area contributed by atoms with Crippen LogP contribution in [0, 0.1) is 0 Å². The third-order valence-corrected chi connectivity index (χ3v) is 9.09. The van der Waals surface area contributed by atoms with Crippen LogP contribution in [-0.2, 0) is 18.6 Å². The predicted molar refractivity (Wildman–Crippen MR) is 81.0 cm³/mol. The number of hydrogen-bond donors (Lipinski definition) is 0. The fourth-order valence-electron chi connectivity index (χ4n) is 2.31. The minimum Gasteiger partial charge on any atom is -0.484 e. The van der Waals surface area contributed by atoms with Gasteiger partial charge in [0.05, 0.1) is 6.61 Å². The molecule has 0 saturated carbocycles. The first-order valence-electron chi connectivity index (χ1n) is 7.43. The maximum Gasteiger partial charge on any atom is 0.192 e. The number of rotatable bonds is 3. The number of ether oxygens (including phenoxy) is 3. The Morgan fingerprint density at radius 1 is 1.29 bits per heavy atom. The number of halogens is 1. The van der Waals surface area contributed by atoms with E-state index in [1.807, 2.05) is 13.8 Å². The molecule has 0 aliphatic carbocycles. The van der Waals surface area contributed by atoms with E-state index in [-0.39, 0.29) is 23.0 Å². The van der Waals surface area contributed by atoms with Crippen molar-refractivity contribution in [2.24, 2.45) is 0 Å². The molecular weight excluding hydrogens is 291 g/mol. The van der Waals surface area contributed by atoms with Crippen molar-refractivity contribution in [1.82, 2.24) is 0 Å². The lowest BCUT2D eigenvalue weighted by Gasteiger charge is -2.37. The molecule has 0 aromatic heterocycles. The van der Waals surface area contributed by atoms with Gasteiger partial charge in [-0.1, -0.05) is 20.8 Å². The Morgan fingerprint density at radius 3 is 2.43 bits per heavy atom. The molecule has 0 aromatic carbocycles. The molecule has 21 heavy (non-hydrogen) atoms. The Morgan fingerprint density at radius 2 is 1.90 bits per heavy atom. The van der Waals surface area contributed by atoms with Crippen LogP contribution in [-0.4, -0.2) is 39.0 Å². The average molecular weight is 318 g/mol. The van der Waals surface area contributed by atoms with E-state index in [1.165, 1.54) is 0 Å². The average Bonchev–Trinajstić information content (AvgIpc) is 2.78. The molecule has 2 saturated heterocycles. The summed E-state index contributed by atoms with van der Waals surface area (Å²) in [5, 5.41) is 0.121. The topological polar surface area (TPSA) is 36.9 Å². The normalized spacial score (nSPS) is 34.1. The van der Waals surface area contributed by atoms with Crippen molar-refractivity contribution >= 4 is 8.32 Å². The molecule has 2 aliphatic rings. The van der Waals surface area contributed by atoms with E-state index in [2.05, 4.69) is 33.9 Å². The molecular formula is C15H27FO4Si. The van der Waals surface area contributed by atoms with E-state index in [0.717, 1.165) is 0 Å². The summed E-state index contributed by atoms with van der Waals surface area (Å²) in [6, 6.07) is 0. The van der Waals surface area contributed by atoms with Gasteiger partial charge in [0.2, 0.25) is 0 Å². The van der Waals surface area contributed by atoms with Crippen LogP contribution in [0.3, 0.4) is 0 Å². The first kappa shape index (κ1) is 16.9. The summed E-state index contributed by atoms with van der Waals surface area (Å²) in [5.41, 5.74) is 0. The SMILES string of the molecule is CC1(C)O[C@@H]2[C@@H](CO[Si](C)(C)C(C)(C)C)O/C(=C\F)[C@@H]2O1. The quantitative estimate of drug-likeness (QED) is 0.743. The summed E-state index contributed by atoms with van der Waals surface area (Å²) < 4.78 is 36.3. The van der Waals surface area contributed by atoms with Gasteiger partial charge in [-0.05, 0) is 32.0 Å². The van der Waals surface area contributed by atoms with Gasteiger partial charge < -0.3 is 18.6 Å². The van der Waals surface area contributed by atoms with Gasteiger partial charge in [0.25, 0.3) is 0 Å². The van der Waals surface area contributed by atoms with Gasteiger partial charge in [-0.25, -0.2) is 4.39 Å².